The first-order chi connectivity index (χ1) is 11.5. The maximum atomic E-state index is 12.2. The van der Waals surface area contributed by atoms with E-state index in [2.05, 4.69) is 4.74 Å². The van der Waals surface area contributed by atoms with Gasteiger partial charge in [-0.25, -0.2) is 0 Å². The second-order valence-electron chi connectivity index (χ2n) is 5.96. The summed E-state index contributed by atoms with van der Waals surface area (Å²) in [6, 6.07) is 14.0. The van der Waals surface area contributed by atoms with E-state index < -0.39 is 0 Å². The quantitative estimate of drug-likeness (QED) is 0.706. The summed E-state index contributed by atoms with van der Waals surface area (Å²) >= 11 is 0. The molecular formula is C20H24O4. The normalized spacial score (nSPS) is 13.3. The van der Waals surface area contributed by atoms with E-state index in [0.717, 1.165) is 22.8 Å². The molecule has 4 heteroatoms. The minimum absolute atomic E-state index is 0.0512. The Morgan fingerprint density at radius 2 is 1.67 bits per heavy atom. The lowest BCUT2D eigenvalue weighted by atomic mass is 9.98. The summed E-state index contributed by atoms with van der Waals surface area (Å²) < 4.78 is 10.3. The van der Waals surface area contributed by atoms with Gasteiger partial charge < -0.3 is 9.47 Å². The van der Waals surface area contributed by atoms with Gasteiger partial charge in [0.1, 0.15) is 6.10 Å². The maximum Gasteiger partial charge on any atom is 0.306 e. The highest BCUT2D eigenvalue weighted by atomic mass is 16.5. The van der Waals surface area contributed by atoms with Crippen molar-refractivity contribution in [1.82, 2.24) is 0 Å². The third-order valence-electron chi connectivity index (χ3n) is 4.29. The standard InChI is InChI=1S/C20H24O4/c1-4-15(12-19(21)23-3)13-20(22)24-14(2)17-11-7-9-16-8-5-6-10-18(16)17/h5-11,14-15H,4,12-13H2,1-3H3/t14-,15-/m0/s1. The Morgan fingerprint density at radius 1 is 1.00 bits per heavy atom. The lowest BCUT2D eigenvalue weighted by Crippen LogP contribution is -2.17. The van der Waals surface area contributed by atoms with Crippen LogP contribution >= 0.6 is 0 Å². The fourth-order valence-electron chi connectivity index (χ4n) is 2.83. The summed E-state index contributed by atoms with van der Waals surface area (Å²) in [4.78, 5) is 23.6. The first kappa shape index (κ1) is 18.0. The molecule has 0 radical (unpaired) electrons. The van der Waals surface area contributed by atoms with Gasteiger partial charge in [0.25, 0.3) is 0 Å². The van der Waals surface area contributed by atoms with E-state index in [1.54, 1.807) is 0 Å². The summed E-state index contributed by atoms with van der Waals surface area (Å²) in [5.41, 5.74) is 0.988. The molecule has 2 atom stereocenters. The van der Waals surface area contributed by atoms with E-state index >= 15 is 0 Å². The molecule has 0 bridgehead atoms. The van der Waals surface area contributed by atoms with Gasteiger partial charge in [-0.2, -0.15) is 0 Å². The van der Waals surface area contributed by atoms with E-state index in [1.165, 1.54) is 7.11 Å². The van der Waals surface area contributed by atoms with Crippen LogP contribution in [0.4, 0.5) is 0 Å². The zero-order valence-corrected chi connectivity index (χ0v) is 14.5. The fraction of sp³-hybridized carbons (Fsp3) is 0.400. The van der Waals surface area contributed by atoms with Crippen LogP contribution in [0.3, 0.4) is 0 Å². The van der Waals surface area contributed by atoms with Crippen molar-refractivity contribution in [3.8, 4) is 0 Å². The Labute approximate surface area is 142 Å². The molecule has 0 saturated carbocycles. The van der Waals surface area contributed by atoms with Gasteiger partial charge in [-0.1, -0.05) is 55.8 Å². The van der Waals surface area contributed by atoms with Crippen molar-refractivity contribution in [2.75, 3.05) is 7.11 Å². The molecule has 0 saturated heterocycles. The molecule has 0 aliphatic heterocycles. The van der Waals surface area contributed by atoms with Crippen LogP contribution < -0.4 is 0 Å². The van der Waals surface area contributed by atoms with Gasteiger partial charge in [-0.3, -0.25) is 9.59 Å². The van der Waals surface area contributed by atoms with Crippen molar-refractivity contribution in [1.29, 1.82) is 0 Å². The van der Waals surface area contributed by atoms with E-state index in [4.69, 9.17) is 4.74 Å². The molecule has 0 amide bonds. The second kappa shape index (κ2) is 8.48. The minimum atomic E-state index is -0.334. The SMILES string of the molecule is CC[C@@H](CC(=O)OC)CC(=O)O[C@@H](C)c1cccc2ccccc12. The van der Waals surface area contributed by atoms with Gasteiger partial charge in [-0.05, 0) is 29.2 Å². The van der Waals surface area contributed by atoms with Crippen molar-refractivity contribution in [2.24, 2.45) is 5.92 Å². The summed E-state index contributed by atoms with van der Waals surface area (Å²) in [5.74, 6) is -0.632. The lowest BCUT2D eigenvalue weighted by Gasteiger charge is -2.18. The molecule has 2 aromatic rings. The van der Waals surface area contributed by atoms with Crippen molar-refractivity contribution >= 4 is 22.7 Å². The van der Waals surface area contributed by atoms with Crippen molar-refractivity contribution < 1.29 is 19.1 Å². The van der Waals surface area contributed by atoms with Gasteiger partial charge in [0.15, 0.2) is 0 Å². The van der Waals surface area contributed by atoms with Crippen LogP contribution in [0.1, 0.15) is 44.8 Å². The smallest absolute Gasteiger partial charge is 0.306 e. The predicted octanol–water partition coefficient (Wildman–Crippen LogP) is 4.42. The average Bonchev–Trinajstić information content (AvgIpc) is 2.60. The number of methoxy groups -OCH3 is 1. The summed E-state index contributed by atoms with van der Waals surface area (Å²) in [5, 5.41) is 2.21. The predicted molar refractivity (Wildman–Crippen MR) is 93.5 cm³/mol. The molecule has 4 nitrogen and oxygen atoms in total. The third kappa shape index (κ3) is 4.57. The second-order valence-corrected chi connectivity index (χ2v) is 5.96. The maximum absolute atomic E-state index is 12.2. The molecular weight excluding hydrogens is 304 g/mol. The number of hydrogen-bond acceptors (Lipinski definition) is 4. The molecule has 2 rings (SSSR count). The summed E-state index contributed by atoms with van der Waals surface area (Å²) in [6.07, 6.45) is 0.859. The van der Waals surface area contributed by atoms with Crippen LogP contribution in [0.15, 0.2) is 42.5 Å². The number of rotatable bonds is 7. The van der Waals surface area contributed by atoms with Crippen LogP contribution in [0.2, 0.25) is 0 Å². The number of esters is 2. The average molecular weight is 328 g/mol. The Hall–Kier alpha value is -2.36. The van der Waals surface area contributed by atoms with Crippen LogP contribution in [0.25, 0.3) is 10.8 Å². The number of fused-ring (bicyclic) bond motifs is 1. The molecule has 0 spiro atoms. The molecule has 0 unspecified atom stereocenters. The number of carbonyl (C=O) groups is 2. The lowest BCUT2D eigenvalue weighted by molar-refractivity contribution is -0.150. The summed E-state index contributed by atoms with van der Waals surface area (Å²) in [6.45, 7) is 3.83. The number of benzene rings is 2. The van der Waals surface area contributed by atoms with Crippen LogP contribution in [-0.2, 0) is 19.1 Å². The molecule has 0 fully saturated rings. The Bertz CT molecular complexity index is 702. The van der Waals surface area contributed by atoms with Gasteiger partial charge in [-0.15, -0.1) is 0 Å². The topological polar surface area (TPSA) is 52.6 Å². The van der Waals surface area contributed by atoms with Crippen LogP contribution in [-0.4, -0.2) is 19.0 Å². The van der Waals surface area contributed by atoms with Crippen LogP contribution in [0, 0.1) is 5.92 Å². The first-order valence-electron chi connectivity index (χ1n) is 8.29. The highest BCUT2D eigenvalue weighted by molar-refractivity contribution is 5.86. The monoisotopic (exact) mass is 328 g/mol. The third-order valence-corrected chi connectivity index (χ3v) is 4.29. The first-order valence-corrected chi connectivity index (χ1v) is 8.29. The van der Waals surface area contributed by atoms with Gasteiger partial charge in [0.2, 0.25) is 0 Å². The number of hydrogen-bond donors (Lipinski definition) is 0. The van der Waals surface area contributed by atoms with E-state index in [1.807, 2.05) is 56.3 Å². The van der Waals surface area contributed by atoms with Crippen molar-refractivity contribution in [2.45, 2.75) is 39.2 Å². The Kier molecular flexibility index (Phi) is 6.36. The van der Waals surface area contributed by atoms with Crippen LogP contribution in [0.5, 0.6) is 0 Å². The number of ether oxygens (including phenoxy) is 2. The molecule has 0 aliphatic carbocycles. The number of carbonyl (C=O) groups excluding carboxylic acids is 2. The molecule has 0 aromatic heterocycles. The van der Waals surface area contributed by atoms with Gasteiger partial charge >= 0.3 is 11.9 Å². The molecule has 0 aliphatic rings. The van der Waals surface area contributed by atoms with E-state index in [-0.39, 0.29) is 36.8 Å². The van der Waals surface area contributed by atoms with Crippen molar-refractivity contribution in [3.63, 3.8) is 0 Å². The highest BCUT2D eigenvalue weighted by Crippen LogP contribution is 2.27. The zero-order valence-electron chi connectivity index (χ0n) is 14.5. The van der Waals surface area contributed by atoms with Gasteiger partial charge in [0, 0.05) is 12.8 Å². The van der Waals surface area contributed by atoms with E-state index in [9.17, 15) is 9.59 Å². The Morgan fingerprint density at radius 3 is 2.38 bits per heavy atom. The molecule has 0 heterocycles. The van der Waals surface area contributed by atoms with E-state index in [0.29, 0.717) is 0 Å². The fourth-order valence-corrected chi connectivity index (χ4v) is 2.83. The minimum Gasteiger partial charge on any atom is -0.469 e. The molecule has 2 aromatic carbocycles. The molecule has 128 valence electrons. The largest absolute Gasteiger partial charge is 0.469 e. The molecule has 24 heavy (non-hydrogen) atoms. The summed E-state index contributed by atoms with van der Waals surface area (Å²) in [7, 11) is 1.36. The molecule has 0 N–H and O–H groups in total. The Balaban J connectivity index is 2.04. The highest BCUT2D eigenvalue weighted by Gasteiger charge is 2.20. The van der Waals surface area contributed by atoms with Gasteiger partial charge in [0.05, 0.1) is 7.11 Å². The zero-order chi connectivity index (χ0) is 17.5. The van der Waals surface area contributed by atoms with Crippen molar-refractivity contribution in [3.05, 3.63) is 48.0 Å².